The van der Waals surface area contributed by atoms with Crippen LogP contribution >= 0.6 is 23.2 Å². The van der Waals surface area contributed by atoms with Crippen LogP contribution in [-0.4, -0.2) is 13.1 Å². The summed E-state index contributed by atoms with van der Waals surface area (Å²) in [5, 5.41) is 5.01. The van der Waals surface area contributed by atoms with E-state index in [1.807, 2.05) is 18.2 Å². The van der Waals surface area contributed by atoms with Gasteiger partial charge in [-0.05, 0) is 48.6 Å². The summed E-state index contributed by atoms with van der Waals surface area (Å²) in [4.78, 5) is 0. The van der Waals surface area contributed by atoms with Gasteiger partial charge in [0.25, 0.3) is 0 Å². The molecular formula is C14H21Cl2N. The molecule has 0 fully saturated rings. The van der Waals surface area contributed by atoms with E-state index in [9.17, 15) is 0 Å². The van der Waals surface area contributed by atoms with Gasteiger partial charge in [-0.25, -0.2) is 0 Å². The summed E-state index contributed by atoms with van der Waals surface area (Å²) in [5.41, 5.74) is 1.31. The average molecular weight is 274 g/mol. The predicted molar refractivity (Wildman–Crippen MR) is 77.1 cm³/mol. The molecule has 1 aromatic carbocycles. The van der Waals surface area contributed by atoms with Crippen LogP contribution in [0.2, 0.25) is 10.0 Å². The fraction of sp³-hybridized carbons (Fsp3) is 0.571. The number of rotatable bonds is 6. The van der Waals surface area contributed by atoms with Crippen molar-refractivity contribution in [3.05, 3.63) is 33.8 Å². The van der Waals surface area contributed by atoms with Crippen molar-refractivity contribution in [1.29, 1.82) is 0 Å². The SMILES string of the molecule is CCCNCC(C)(C)Cc1cc(Cl)ccc1Cl. The minimum absolute atomic E-state index is 0.184. The van der Waals surface area contributed by atoms with Crippen LogP contribution in [0.4, 0.5) is 0 Å². The smallest absolute Gasteiger partial charge is 0.0439 e. The molecule has 1 rings (SSSR count). The predicted octanol–water partition coefficient (Wildman–Crippen LogP) is 4.56. The molecule has 0 saturated carbocycles. The van der Waals surface area contributed by atoms with Gasteiger partial charge in [0, 0.05) is 16.6 Å². The quantitative estimate of drug-likeness (QED) is 0.750. The Morgan fingerprint density at radius 3 is 2.59 bits per heavy atom. The lowest BCUT2D eigenvalue weighted by atomic mass is 9.85. The van der Waals surface area contributed by atoms with Crippen molar-refractivity contribution in [2.24, 2.45) is 5.41 Å². The third-order valence-corrected chi connectivity index (χ3v) is 3.31. The Kier molecular flexibility index (Phi) is 5.78. The van der Waals surface area contributed by atoms with Gasteiger partial charge in [0.15, 0.2) is 0 Å². The first-order valence-corrected chi connectivity index (χ1v) is 6.85. The van der Waals surface area contributed by atoms with Crippen LogP contribution in [0, 0.1) is 5.41 Å². The fourth-order valence-corrected chi connectivity index (χ4v) is 2.24. The molecule has 1 N–H and O–H groups in total. The van der Waals surface area contributed by atoms with E-state index in [-0.39, 0.29) is 5.41 Å². The molecular weight excluding hydrogens is 253 g/mol. The second-order valence-corrected chi connectivity index (χ2v) is 6.10. The van der Waals surface area contributed by atoms with Crippen molar-refractivity contribution in [3.8, 4) is 0 Å². The Labute approximate surface area is 115 Å². The molecule has 0 spiro atoms. The highest BCUT2D eigenvalue weighted by molar-refractivity contribution is 6.33. The summed E-state index contributed by atoms with van der Waals surface area (Å²) in [5.74, 6) is 0. The van der Waals surface area contributed by atoms with Gasteiger partial charge in [0.05, 0.1) is 0 Å². The van der Waals surface area contributed by atoms with Gasteiger partial charge in [-0.2, -0.15) is 0 Å². The van der Waals surface area contributed by atoms with E-state index < -0.39 is 0 Å². The zero-order valence-electron chi connectivity index (χ0n) is 10.8. The standard InChI is InChI=1S/C14H21Cl2N/c1-4-7-17-10-14(2,3)9-11-8-12(15)5-6-13(11)16/h5-6,8,17H,4,7,9-10H2,1-3H3. The zero-order chi connectivity index (χ0) is 12.9. The number of hydrogen-bond donors (Lipinski definition) is 1. The van der Waals surface area contributed by atoms with Gasteiger partial charge in [-0.15, -0.1) is 0 Å². The van der Waals surface area contributed by atoms with Crippen molar-refractivity contribution < 1.29 is 0 Å². The minimum Gasteiger partial charge on any atom is -0.316 e. The molecule has 0 radical (unpaired) electrons. The van der Waals surface area contributed by atoms with Crippen LogP contribution in [0.25, 0.3) is 0 Å². The molecule has 3 heteroatoms. The van der Waals surface area contributed by atoms with E-state index in [4.69, 9.17) is 23.2 Å². The number of benzene rings is 1. The maximum Gasteiger partial charge on any atom is 0.0439 e. The molecule has 17 heavy (non-hydrogen) atoms. The van der Waals surface area contributed by atoms with Crippen molar-refractivity contribution in [3.63, 3.8) is 0 Å². The number of nitrogens with one attached hydrogen (secondary N) is 1. The fourth-order valence-electron chi connectivity index (χ4n) is 1.86. The molecule has 1 aromatic rings. The van der Waals surface area contributed by atoms with E-state index in [0.29, 0.717) is 0 Å². The molecule has 0 amide bonds. The molecule has 1 nitrogen and oxygen atoms in total. The van der Waals surface area contributed by atoms with Gasteiger partial charge in [0.1, 0.15) is 0 Å². The lowest BCUT2D eigenvalue weighted by Gasteiger charge is -2.25. The summed E-state index contributed by atoms with van der Waals surface area (Å²) in [6, 6.07) is 5.66. The van der Waals surface area contributed by atoms with E-state index in [1.165, 1.54) is 0 Å². The maximum absolute atomic E-state index is 6.18. The van der Waals surface area contributed by atoms with Crippen molar-refractivity contribution in [2.75, 3.05) is 13.1 Å². The molecule has 0 heterocycles. The van der Waals surface area contributed by atoms with Crippen LogP contribution in [0.1, 0.15) is 32.8 Å². The lowest BCUT2D eigenvalue weighted by molar-refractivity contribution is 0.339. The third kappa shape index (κ3) is 5.29. The van der Waals surface area contributed by atoms with Crippen molar-refractivity contribution in [1.82, 2.24) is 5.32 Å². The van der Waals surface area contributed by atoms with Crippen LogP contribution in [0.3, 0.4) is 0 Å². The Morgan fingerprint density at radius 1 is 1.24 bits per heavy atom. The van der Waals surface area contributed by atoms with E-state index in [1.54, 1.807) is 0 Å². The molecule has 0 aliphatic heterocycles. The van der Waals surface area contributed by atoms with Crippen LogP contribution < -0.4 is 5.32 Å². The highest BCUT2D eigenvalue weighted by atomic mass is 35.5. The molecule has 0 aliphatic carbocycles. The highest BCUT2D eigenvalue weighted by Crippen LogP contribution is 2.28. The number of halogens is 2. The highest BCUT2D eigenvalue weighted by Gasteiger charge is 2.19. The largest absolute Gasteiger partial charge is 0.316 e. The summed E-state index contributed by atoms with van der Waals surface area (Å²) in [6.45, 7) is 8.71. The number of hydrogen-bond acceptors (Lipinski definition) is 1. The van der Waals surface area contributed by atoms with Gasteiger partial charge in [-0.1, -0.05) is 44.0 Å². The summed E-state index contributed by atoms with van der Waals surface area (Å²) in [6.07, 6.45) is 2.09. The third-order valence-electron chi connectivity index (χ3n) is 2.71. The molecule has 0 atom stereocenters. The molecule has 0 bridgehead atoms. The van der Waals surface area contributed by atoms with E-state index >= 15 is 0 Å². The first-order chi connectivity index (χ1) is 7.94. The summed E-state index contributed by atoms with van der Waals surface area (Å²) < 4.78 is 0. The Morgan fingerprint density at radius 2 is 1.94 bits per heavy atom. The monoisotopic (exact) mass is 273 g/mol. The molecule has 96 valence electrons. The van der Waals surface area contributed by atoms with Gasteiger partial charge in [-0.3, -0.25) is 0 Å². The topological polar surface area (TPSA) is 12.0 Å². The van der Waals surface area contributed by atoms with Crippen molar-refractivity contribution >= 4 is 23.2 Å². The summed E-state index contributed by atoms with van der Waals surface area (Å²) >= 11 is 12.2. The second-order valence-electron chi connectivity index (χ2n) is 5.25. The molecule has 0 aliphatic rings. The van der Waals surface area contributed by atoms with Crippen molar-refractivity contribution in [2.45, 2.75) is 33.6 Å². The van der Waals surface area contributed by atoms with Crippen LogP contribution in [0.15, 0.2) is 18.2 Å². The molecule has 0 aromatic heterocycles. The lowest BCUT2D eigenvalue weighted by Crippen LogP contribution is -2.31. The average Bonchev–Trinajstić information content (AvgIpc) is 2.23. The van der Waals surface area contributed by atoms with Gasteiger partial charge >= 0.3 is 0 Å². The van der Waals surface area contributed by atoms with E-state index in [2.05, 4.69) is 26.1 Å². The van der Waals surface area contributed by atoms with Crippen LogP contribution in [-0.2, 0) is 6.42 Å². The Bertz CT molecular complexity index is 361. The summed E-state index contributed by atoms with van der Waals surface area (Å²) in [7, 11) is 0. The van der Waals surface area contributed by atoms with Gasteiger partial charge < -0.3 is 5.32 Å². The first kappa shape index (κ1) is 14.8. The van der Waals surface area contributed by atoms with Crippen LogP contribution in [0.5, 0.6) is 0 Å². The normalized spacial score (nSPS) is 11.8. The maximum atomic E-state index is 6.18. The Balaban J connectivity index is 2.65. The zero-order valence-corrected chi connectivity index (χ0v) is 12.3. The first-order valence-electron chi connectivity index (χ1n) is 6.09. The Hall–Kier alpha value is -0.240. The second kappa shape index (κ2) is 6.63. The van der Waals surface area contributed by atoms with Gasteiger partial charge in [0.2, 0.25) is 0 Å². The molecule has 0 unspecified atom stereocenters. The van der Waals surface area contributed by atoms with E-state index in [0.717, 1.165) is 41.5 Å². The minimum atomic E-state index is 0.184. The molecule has 0 saturated heterocycles.